The number of likely N-dealkylation sites (tertiary alicyclic amines) is 1. The Bertz CT molecular complexity index is 500. The Hall–Kier alpha value is -1.50. The molecule has 23 heavy (non-hydrogen) atoms. The van der Waals surface area contributed by atoms with Crippen molar-refractivity contribution in [3.05, 3.63) is 35.9 Å². The summed E-state index contributed by atoms with van der Waals surface area (Å²) >= 11 is 0. The lowest BCUT2D eigenvalue weighted by Crippen LogP contribution is -2.64. The van der Waals surface area contributed by atoms with Crippen LogP contribution in [0.1, 0.15) is 18.9 Å². The van der Waals surface area contributed by atoms with E-state index in [0.717, 1.165) is 12.8 Å². The molecular weight excluding hydrogens is 299 g/mol. The summed E-state index contributed by atoms with van der Waals surface area (Å²) in [6.07, 6.45) is -2.92. The third-order valence-electron chi connectivity index (χ3n) is 4.21. The molecule has 4 atom stereocenters. The topological polar surface area (TPSA) is 72.8 Å². The van der Waals surface area contributed by atoms with Gasteiger partial charge in [0.15, 0.2) is 6.17 Å². The number of carbonyl (C=O) groups is 1. The average molecular weight is 324 g/mol. The summed E-state index contributed by atoms with van der Waals surface area (Å²) in [7, 11) is 0. The van der Waals surface area contributed by atoms with Crippen molar-refractivity contribution in [2.24, 2.45) is 0 Å². The van der Waals surface area contributed by atoms with Crippen LogP contribution in [-0.4, -0.2) is 65.1 Å². The van der Waals surface area contributed by atoms with Crippen LogP contribution in [0.5, 0.6) is 0 Å². The molecule has 0 bridgehead atoms. The van der Waals surface area contributed by atoms with Crippen LogP contribution in [-0.2, 0) is 11.2 Å². The summed E-state index contributed by atoms with van der Waals surface area (Å²) in [6.45, 7) is 2.75. The van der Waals surface area contributed by atoms with Crippen molar-refractivity contribution >= 4 is 5.91 Å². The van der Waals surface area contributed by atoms with E-state index in [-0.39, 0.29) is 6.54 Å². The number of hydrogen-bond donors (Lipinski definition) is 3. The Labute approximate surface area is 136 Å². The van der Waals surface area contributed by atoms with Gasteiger partial charge in [0.1, 0.15) is 12.1 Å². The molecule has 3 N–H and O–H groups in total. The lowest BCUT2D eigenvalue weighted by molar-refractivity contribution is -0.146. The molecule has 0 saturated carbocycles. The molecule has 1 aromatic carbocycles. The highest BCUT2D eigenvalue weighted by Crippen LogP contribution is 2.22. The number of nitrogens with zero attached hydrogens (tertiary/aromatic N) is 1. The van der Waals surface area contributed by atoms with Gasteiger partial charge in [0, 0.05) is 13.1 Å². The molecule has 2 rings (SSSR count). The lowest BCUT2D eigenvalue weighted by atomic mass is 9.93. The zero-order chi connectivity index (χ0) is 16.8. The third kappa shape index (κ3) is 4.50. The second-order valence-electron chi connectivity index (χ2n) is 5.93. The fraction of sp³-hybridized carbons (Fsp3) is 0.588. The number of alkyl halides is 1. The fourth-order valence-electron chi connectivity index (χ4n) is 3.01. The highest BCUT2D eigenvalue weighted by Gasteiger charge is 2.45. The van der Waals surface area contributed by atoms with Gasteiger partial charge >= 0.3 is 0 Å². The first-order chi connectivity index (χ1) is 11.0. The van der Waals surface area contributed by atoms with Crippen molar-refractivity contribution in [2.75, 3.05) is 19.6 Å². The van der Waals surface area contributed by atoms with Crippen molar-refractivity contribution in [3.63, 3.8) is 0 Å². The molecular formula is C17H25FN2O3. The van der Waals surface area contributed by atoms with Crippen molar-refractivity contribution in [1.29, 1.82) is 0 Å². The molecule has 128 valence electrons. The summed E-state index contributed by atoms with van der Waals surface area (Å²) in [6, 6.07) is 8.87. The van der Waals surface area contributed by atoms with E-state index >= 15 is 0 Å². The monoisotopic (exact) mass is 324 g/mol. The SMILES string of the molecule is CCNC(=O)C1C(F)C(O)C(O)CN1CCCc1ccccc1. The number of aliphatic hydroxyl groups is 2. The molecule has 0 radical (unpaired) electrons. The van der Waals surface area contributed by atoms with E-state index in [1.54, 1.807) is 11.8 Å². The van der Waals surface area contributed by atoms with Crippen LogP contribution in [0, 0.1) is 0 Å². The van der Waals surface area contributed by atoms with Crippen molar-refractivity contribution in [2.45, 2.75) is 44.2 Å². The predicted molar refractivity (Wildman–Crippen MR) is 85.7 cm³/mol. The van der Waals surface area contributed by atoms with Crippen molar-refractivity contribution in [3.8, 4) is 0 Å². The largest absolute Gasteiger partial charge is 0.389 e. The molecule has 0 aliphatic carbocycles. The Morgan fingerprint density at radius 1 is 1.35 bits per heavy atom. The first-order valence-corrected chi connectivity index (χ1v) is 8.10. The van der Waals surface area contributed by atoms with Gasteiger partial charge in [-0.1, -0.05) is 30.3 Å². The minimum Gasteiger partial charge on any atom is -0.389 e. The summed E-state index contributed by atoms with van der Waals surface area (Å²) in [4.78, 5) is 13.8. The van der Waals surface area contributed by atoms with Crippen LogP contribution in [0.15, 0.2) is 30.3 Å². The molecule has 1 fully saturated rings. The van der Waals surface area contributed by atoms with Gasteiger partial charge in [0.2, 0.25) is 5.91 Å². The number of likely N-dealkylation sites (N-methyl/N-ethyl adjacent to an activating group) is 1. The maximum absolute atomic E-state index is 14.4. The number of piperidine rings is 1. The van der Waals surface area contributed by atoms with E-state index in [1.165, 1.54) is 5.56 Å². The predicted octanol–water partition coefficient (Wildman–Crippen LogP) is 0.499. The zero-order valence-corrected chi connectivity index (χ0v) is 13.4. The molecule has 1 amide bonds. The number of amides is 1. The molecule has 0 spiro atoms. The van der Waals surface area contributed by atoms with E-state index < -0.39 is 30.3 Å². The van der Waals surface area contributed by atoms with E-state index in [0.29, 0.717) is 13.1 Å². The second kappa shape index (κ2) is 8.38. The first kappa shape index (κ1) is 17.8. The fourth-order valence-corrected chi connectivity index (χ4v) is 3.01. The summed E-state index contributed by atoms with van der Waals surface area (Å²) in [5.74, 6) is -0.439. The van der Waals surface area contributed by atoms with Gasteiger partial charge in [0.25, 0.3) is 0 Å². The second-order valence-corrected chi connectivity index (χ2v) is 5.93. The highest BCUT2D eigenvalue weighted by atomic mass is 19.1. The van der Waals surface area contributed by atoms with E-state index in [9.17, 15) is 19.4 Å². The number of aliphatic hydroxyl groups excluding tert-OH is 2. The lowest BCUT2D eigenvalue weighted by Gasteiger charge is -2.41. The Kier molecular flexibility index (Phi) is 6.50. The first-order valence-electron chi connectivity index (χ1n) is 8.10. The molecule has 1 aliphatic heterocycles. The van der Waals surface area contributed by atoms with Gasteiger partial charge in [0.05, 0.1) is 6.10 Å². The van der Waals surface area contributed by atoms with Gasteiger partial charge in [-0.25, -0.2) is 4.39 Å². The molecule has 1 heterocycles. The number of hydrogen-bond acceptors (Lipinski definition) is 4. The van der Waals surface area contributed by atoms with Gasteiger partial charge in [-0.2, -0.15) is 0 Å². The maximum Gasteiger partial charge on any atom is 0.240 e. The normalized spacial score (nSPS) is 28.5. The molecule has 0 aromatic heterocycles. The average Bonchev–Trinajstić information content (AvgIpc) is 2.54. The number of halogens is 1. The van der Waals surface area contributed by atoms with Gasteiger partial charge in [-0.15, -0.1) is 0 Å². The standard InChI is InChI=1S/C17H25FN2O3/c1-2-19-17(23)15-14(18)16(22)13(21)11-20(15)10-6-9-12-7-4-3-5-8-12/h3-5,7-8,13-16,21-22H,2,6,9-11H2,1H3,(H,19,23). The number of benzene rings is 1. The molecule has 1 aliphatic rings. The van der Waals surface area contributed by atoms with Crippen LogP contribution >= 0.6 is 0 Å². The van der Waals surface area contributed by atoms with Crippen LogP contribution in [0.4, 0.5) is 4.39 Å². The van der Waals surface area contributed by atoms with Gasteiger partial charge in [-0.3, -0.25) is 9.69 Å². The maximum atomic E-state index is 14.4. The Morgan fingerprint density at radius 2 is 2.04 bits per heavy atom. The van der Waals surface area contributed by atoms with E-state index in [1.807, 2.05) is 30.3 Å². The van der Waals surface area contributed by atoms with Crippen molar-refractivity contribution in [1.82, 2.24) is 10.2 Å². The van der Waals surface area contributed by atoms with Crippen LogP contribution < -0.4 is 5.32 Å². The van der Waals surface area contributed by atoms with Gasteiger partial charge in [-0.05, 0) is 31.9 Å². The number of β-amino-alcohol motifs (C(OH)–C–C–N with tert-alkyl or cyclic N) is 1. The van der Waals surface area contributed by atoms with E-state index in [4.69, 9.17) is 0 Å². The van der Waals surface area contributed by atoms with E-state index in [2.05, 4.69) is 5.32 Å². The molecule has 4 unspecified atom stereocenters. The smallest absolute Gasteiger partial charge is 0.240 e. The Morgan fingerprint density at radius 3 is 2.70 bits per heavy atom. The minimum absolute atomic E-state index is 0.0954. The zero-order valence-electron chi connectivity index (χ0n) is 13.4. The number of carbonyl (C=O) groups excluding carboxylic acids is 1. The molecule has 6 heteroatoms. The molecule has 1 aromatic rings. The highest BCUT2D eigenvalue weighted by molar-refractivity contribution is 5.82. The van der Waals surface area contributed by atoms with Gasteiger partial charge < -0.3 is 15.5 Å². The summed E-state index contributed by atoms with van der Waals surface area (Å²) in [5.41, 5.74) is 1.18. The van der Waals surface area contributed by atoms with Crippen LogP contribution in [0.2, 0.25) is 0 Å². The quantitative estimate of drug-likeness (QED) is 0.712. The minimum atomic E-state index is -1.79. The number of aryl methyl sites for hydroxylation is 1. The third-order valence-corrected chi connectivity index (χ3v) is 4.21. The number of nitrogens with one attached hydrogen (secondary N) is 1. The van der Waals surface area contributed by atoms with Crippen molar-refractivity contribution < 1.29 is 19.4 Å². The van der Waals surface area contributed by atoms with Crippen LogP contribution in [0.25, 0.3) is 0 Å². The molecule has 1 saturated heterocycles. The number of rotatable bonds is 6. The summed E-state index contributed by atoms with van der Waals surface area (Å²) in [5, 5.41) is 22.1. The Balaban J connectivity index is 1.99. The molecule has 5 nitrogen and oxygen atoms in total. The van der Waals surface area contributed by atoms with Crippen LogP contribution in [0.3, 0.4) is 0 Å². The summed E-state index contributed by atoms with van der Waals surface area (Å²) < 4.78 is 14.4.